The molecule has 0 aliphatic carbocycles. The number of hydrogen-bond acceptors (Lipinski definition) is 1. The van der Waals surface area contributed by atoms with Crippen molar-refractivity contribution in [3.05, 3.63) is 24.5 Å². The summed E-state index contributed by atoms with van der Waals surface area (Å²) in [7, 11) is 4.09. The predicted octanol–water partition coefficient (Wildman–Crippen LogP) is -1.94. The van der Waals surface area contributed by atoms with Crippen LogP contribution in [0.25, 0.3) is 0 Å². The summed E-state index contributed by atoms with van der Waals surface area (Å²) in [6.07, 6.45) is 4.19. The van der Waals surface area contributed by atoms with E-state index in [9.17, 15) is 0 Å². The van der Waals surface area contributed by atoms with Gasteiger partial charge in [-0.15, -0.1) is 0 Å². The van der Waals surface area contributed by atoms with Crippen molar-refractivity contribution in [2.75, 3.05) is 19.0 Å². The second-order valence-electron chi connectivity index (χ2n) is 2.78. The standard InChI is InChI=1S/C9H15N2.ClH/c1-4-11-7-5-9(6-8-11)10(2)3;/h5-8H,4H2,1-3H3;1H/q+1;/p-1. The molecule has 0 N–H and O–H groups in total. The van der Waals surface area contributed by atoms with Crippen LogP contribution in [0.4, 0.5) is 5.69 Å². The maximum Gasteiger partial charge on any atom is 0.170 e. The molecule has 12 heavy (non-hydrogen) atoms. The summed E-state index contributed by atoms with van der Waals surface area (Å²) in [6, 6.07) is 4.23. The number of aryl methyl sites for hydroxylation is 1. The Kier molecular flexibility index (Phi) is 4.67. The van der Waals surface area contributed by atoms with Gasteiger partial charge in [0, 0.05) is 31.9 Å². The normalized spacial score (nSPS) is 8.92. The monoisotopic (exact) mass is 186 g/mol. The van der Waals surface area contributed by atoms with Crippen LogP contribution < -0.4 is 21.9 Å². The van der Waals surface area contributed by atoms with Gasteiger partial charge in [0.25, 0.3) is 0 Å². The quantitative estimate of drug-likeness (QED) is 0.488. The van der Waals surface area contributed by atoms with Gasteiger partial charge in [0.15, 0.2) is 12.4 Å². The Hall–Kier alpha value is -0.760. The molecule has 1 heterocycles. The number of halogens is 1. The third kappa shape index (κ3) is 2.70. The highest BCUT2D eigenvalue weighted by molar-refractivity contribution is 5.41. The molecule has 0 amide bonds. The van der Waals surface area contributed by atoms with Crippen molar-refractivity contribution in [2.24, 2.45) is 0 Å². The second kappa shape index (κ2) is 4.99. The number of anilines is 1. The molecule has 1 aromatic rings. The van der Waals surface area contributed by atoms with Crippen LogP contribution in [-0.2, 0) is 6.54 Å². The first kappa shape index (κ1) is 11.2. The maximum absolute atomic E-state index is 2.15. The molecule has 0 fully saturated rings. The van der Waals surface area contributed by atoms with Crippen molar-refractivity contribution in [3.63, 3.8) is 0 Å². The molecule has 0 aliphatic rings. The average molecular weight is 187 g/mol. The third-order valence-corrected chi connectivity index (χ3v) is 1.76. The molecule has 1 rings (SSSR count). The topological polar surface area (TPSA) is 7.12 Å². The lowest BCUT2D eigenvalue weighted by Crippen LogP contribution is -3.00. The van der Waals surface area contributed by atoms with E-state index in [4.69, 9.17) is 0 Å². The van der Waals surface area contributed by atoms with Gasteiger partial charge in [-0.25, -0.2) is 4.57 Å². The third-order valence-electron chi connectivity index (χ3n) is 1.76. The van der Waals surface area contributed by atoms with Gasteiger partial charge in [0.2, 0.25) is 0 Å². The number of pyridine rings is 1. The first-order valence-corrected chi connectivity index (χ1v) is 3.90. The average Bonchev–Trinajstić information content (AvgIpc) is 2.05. The molecule has 1 aromatic heterocycles. The van der Waals surface area contributed by atoms with Gasteiger partial charge in [-0.3, -0.25) is 0 Å². The Balaban J connectivity index is 0.00000121. The van der Waals surface area contributed by atoms with Gasteiger partial charge in [-0.2, -0.15) is 0 Å². The highest BCUT2D eigenvalue weighted by atomic mass is 35.5. The van der Waals surface area contributed by atoms with E-state index in [-0.39, 0.29) is 12.4 Å². The van der Waals surface area contributed by atoms with Gasteiger partial charge < -0.3 is 17.3 Å². The maximum atomic E-state index is 2.15. The van der Waals surface area contributed by atoms with E-state index in [2.05, 4.69) is 40.9 Å². The van der Waals surface area contributed by atoms with Crippen LogP contribution >= 0.6 is 0 Å². The van der Waals surface area contributed by atoms with E-state index in [0.717, 1.165) is 6.54 Å². The van der Waals surface area contributed by atoms with Crippen LogP contribution in [0.5, 0.6) is 0 Å². The second-order valence-corrected chi connectivity index (χ2v) is 2.78. The highest BCUT2D eigenvalue weighted by Gasteiger charge is 1.97. The van der Waals surface area contributed by atoms with Crippen LogP contribution in [0, 0.1) is 0 Å². The van der Waals surface area contributed by atoms with Crippen molar-refractivity contribution in [1.29, 1.82) is 0 Å². The summed E-state index contributed by atoms with van der Waals surface area (Å²) < 4.78 is 2.15. The van der Waals surface area contributed by atoms with Crippen molar-refractivity contribution in [1.82, 2.24) is 0 Å². The van der Waals surface area contributed by atoms with E-state index in [1.165, 1.54) is 5.69 Å². The Morgan fingerprint density at radius 1 is 1.25 bits per heavy atom. The molecule has 3 heteroatoms. The van der Waals surface area contributed by atoms with Gasteiger partial charge in [0.1, 0.15) is 6.54 Å². The Morgan fingerprint density at radius 3 is 2.08 bits per heavy atom. The molecule has 0 saturated carbocycles. The van der Waals surface area contributed by atoms with Gasteiger partial charge in [0.05, 0.1) is 0 Å². The Bertz CT molecular complexity index is 218. The molecule has 0 radical (unpaired) electrons. The number of rotatable bonds is 2. The van der Waals surface area contributed by atoms with E-state index < -0.39 is 0 Å². The van der Waals surface area contributed by atoms with Gasteiger partial charge in [-0.1, -0.05) is 0 Å². The Labute approximate surface area is 80.2 Å². The molecular weight excluding hydrogens is 172 g/mol. The summed E-state index contributed by atoms with van der Waals surface area (Å²) in [5.74, 6) is 0. The molecule has 0 saturated heterocycles. The predicted molar refractivity (Wildman–Crippen MR) is 46.6 cm³/mol. The van der Waals surface area contributed by atoms with Crippen molar-refractivity contribution >= 4 is 5.69 Å². The molecule has 68 valence electrons. The zero-order chi connectivity index (χ0) is 8.27. The largest absolute Gasteiger partial charge is 1.00 e. The zero-order valence-corrected chi connectivity index (χ0v) is 8.54. The van der Waals surface area contributed by atoms with Gasteiger partial charge in [-0.05, 0) is 6.92 Å². The van der Waals surface area contributed by atoms with E-state index in [1.807, 2.05) is 14.1 Å². The van der Waals surface area contributed by atoms with Crippen molar-refractivity contribution in [2.45, 2.75) is 13.5 Å². The minimum Gasteiger partial charge on any atom is -1.00 e. The molecule has 0 atom stereocenters. The van der Waals surface area contributed by atoms with Crippen molar-refractivity contribution in [3.8, 4) is 0 Å². The van der Waals surface area contributed by atoms with Crippen LogP contribution in [0.2, 0.25) is 0 Å². The summed E-state index contributed by atoms with van der Waals surface area (Å²) in [6.45, 7) is 3.17. The number of nitrogens with zero attached hydrogens (tertiary/aromatic N) is 2. The fourth-order valence-electron chi connectivity index (χ4n) is 0.958. The molecule has 0 bridgehead atoms. The zero-order valence-electron chi connectivity index (χ0n) is 7.79. The smallest absolute Gasteiger partial charge is 0.170 e. The fourth-order valence-corrected chi connectivity index (χ4v) is 0.958. The minimum atomic E-state index is 0. The lowest BCUT2D eigenvalue weighted by molar-refractivity contribution is -0.693. The van der Waals surface area contributed by atoms with Gasteiger partial charge >= 0.3 is 0 Å². The molecule has 0 aliphatic heterocycles. The van der Waals surface area contributed by atoms with Crippen molar-refractivity contribution < 1.29 is 17.0 Å². The number of hydrogen-bond donors (Lipinski definition) is 0. The van der Waals surface area contributed by atoms with Crippen LogP contribution in [0.15, 0.2) is 24.5 Å². The SMILES string of the molecule is CC[n+]1ccc(N(C)C)cc1.[Cl-]. The first-order valence-electron chi connectivity index (χ1n) is 3.90. The summed E-state index contributed by atoms with van der Waals surface area (Å²) in [5.41, 5.74) is 1.25. The summed E-state index contributed by atoms with van der Waals surface area (Å²) in [4.78, 5) is 2.10. The highest BCUT2D eigenvalue weighted by Crippen LogP contribution is 2.05. The molecule has 2 nitrogen and oxygen atoms in total. The van der Waals surface area contributed by atoms with Crippen LogP contribution in [0.3, 0.4) is 0 Å². The molecular formula is C9H15ClN2. The molecule has 0 spiro atoms. The lowest BCUT2D eigenvalue weighted by atomic mass is 10.4. The van der Waals surface area contributed by atoms with Crippen LogP contribution in [0.1, 0.15) is 6.92 Å². The van der Waals surface area contributed by atoms with Crippen LogP contribution in [-0.4, -0.2) is 14.1 Å². The minimum absolute atomic E-state index is 0. The Morgan fingerprint density at radius 2 is 1.75 bits per heavy atom. The van der Waals surface area contributed by atoms with E-state index in [1.54, 1.807) is 0 Å². The summed E-state index contributed by atoms with van der Waals surface area (Å²) >= 11 is 0. The lowest BCUT2D eigenvalue weighted by Gasteiger charge is -2.09. The summed E-state index contributed by atoms with van der Waals surface area (Å²) in [5, 5.41) is 0. The van der Waals surface area contributed by atoms with E-state index in [0.29, 0.717) is 0 Å². The molecule has 0 unspecified atom stereocenters. The first-order chi connectivity index (χ1) is 5.24. The molecule has 0 aromatic carbocycles. The fraction of sp³-hybridized carbons (Fsp3) is 0.444. The number of aromatic nitrogens is 1. The van der Waals surface area contributed by atoms with E-state index >= 15 is 0 Å².